The van der Waals surface area contributed by atoms with E-state index in [-0.39, 0.29) is 0 Å². The van der Waals surface area contributed by atoms with Gasteiger partial charge in [-0.15, -0.1) is 10.2 Å². The van der Waals surface area contributed by atoms with Gasteiger partial charge < -0.3 is 4.74 Å². The average Bonchev–Trinajstić information content (AvgIpc) is 2.77. The van der Waals surface area contributed by atoms with Crippen molar-refractivity contribution in [1.82, 2.24) is 20.2 Å². The maximum atomic E-state index is 5.35. The molecule has 0 bridgehead atoms. The third-order valence-electron chi connectivity index (χ3n) is 2.15. The summed E-state index contributed by atoms with van der Waals surface area (Å²) >= 11 is 2.22. The lowest BCUT2D eigenvalue weighted by Crippen LogP contribution is -1.98. The Hall–Kier alpha value is -1.18. The first kappa shape index (κ1) is 11.3. The molecule has 16 heavy (non-hydrogen) atoms. The molecule has 0 saturated carbocycles. The smallest absolute Gasteiger partial charge is 0.208 e. The third-order valence-corrected chi connectivity index (χ3v) is 3.00. The van der Waals surface area contributed by atoms with Gasteiger partial charge in [0.25, 0.3) is 0 Å². The van der Waals surface area contributed by atoms with E-state index in [2.05, 4.69) is 38.0 Å². The van der Waals surface area contributed by atoms with Crippen LogP contribution in [0.15, 0.2) is 18.2 Å². The lowest BCUT2D eigenvalue weighted by molar-refractivity contribution is 0.413. The molecule has 0 aliphatic carbocycles. The molecular formula is C10H11IN4O. The molecule has 0 aliphatic rings. The van der Waals surface area contributed by atoms with Crippen LogP contribution in [-0.2, 0) is 6.54 Å². The van der Waals surface area contributed by atoms with Crippen molar-refractivity contribution >= 4 is 22.6 Å². The monoisotopic (exact) mass is 330 g/mol. The van der Waals surface area contributed by atoms with E-state index >= 15 is 0 Å². The van der Waals surface area contributed by atoms with Gasteiger partial charge in [0.2, 0.25) is 5.82 Å². The van der Waals surface area contributed by atoms with Gasteiger partial charge in [-0.25, -0.2) is 0 Å². The fourth-order valence-electron chi connectivity index (χ4n) is 1.38. The second kappa shape index (κ2) is 4.77. The minimum absolute atomic E-state index is 0.595. The number of tetrazole rings is 1. The molecule has 5 nitrogen and oxygen atoms in total. The van der Waals surface area contributed by atoms with E-state index in [4.69, 9.17) is 4.74 Å². The standard InChI is InChI=1S/C10H11IN4O/c1-3-15-13-10(12-14-15)7-5-4-6-8(11)9(7)16-2/h4-6H,3H2,1-2H3. The van der Waals surface area contributed by atoms with Crippen LogP contribution in [0.2, 0.25) is 0 Å². The van der Waals surface area contributed by atoms with E-state index in [1.54, 1.807) is 11.9 Å². The van der Waals surface area contributed by atoms with Crippen LogP contribution in [0.1, 0.15) is 6.92 Å². The minimum Gasteiger partial charge on any atom is -0.495 e. The van der Waals surface area contributed by atoms with Crippen LogP contribution in [0.3, 0.4) is 0 Å². The summed E-state index contributed by atoms with van der Waals surface area (Å²) in [6.45, 7) is 2.68. The zero-order valence-electron chi connectivity index (χ0n) is 9.01. The Morgan fingerprint density at radius 3 is 2.88 bits per heavy atom. The van der Waals surface area contributed by atoms with Crippen LogP contribution in [0.5, 0.6) is 5.75 Å². The van der Waals surface area contributed by atoms with Gasteiger partial charge in [0.1, 0.15) is 5.75 Å². The number of hydrogen-bond acceptors (Lipinski definition) is 4. The zero-order valence-corrected chi connectivity index (χ0v) is 11.2. The number of aromatic nitrogens is 4. The van der Waals surface area contributed by atoms with Crippen LogP contribution in [-0.4, -0.2) is 27.3 Å². The first-order chi connectivity index (χ1) is 7.76. The molecule has 0 saturated heterocycles. The van der Waals surface area contributed by atoms with Crippen molar-refractivity contribution in [3.8, 4) is 17.1 Å². The highest BCUT2D eigenvalue weighted by molar-refractivity contribution is 14.1. The predicted molar refractivity (Wildman–Crippen MR) is 68.2 cm³/mol. The number of aryl methyl sites for hydroxylation is 1. The Bertz CT molecular complexity index is 497. The molecule has 1 aromatic heterocycles. The van der Waals surface area contributed by atoms with Crippen molar-refractivity contribution < 1.29 is 4.74 Å². The molecule has 0 atom stereocenters. The maximum Gasteiger partial charge on any atom is 0.208 e. The number of ether oxygens (including phenoxy) is 1. The Morgan fingerprint density at radius 1 is 1.44 bits per heavy atom. The third kappa shape index (κ3) is 2.01. The largest absolute Gasteiger partial charge is 0.495 e. The molecular weight excluding hydrogens is 319 g/mol. The SMILES string of the molecule is CCn1nnc(-c2cccc(I)c2OC)n1. The van der Waals surface area contributed by atoms with E-state index in [0.717, 1.165) is 14.9 Å². The molecule has 0 spiro atoms. The first-order valence-corrected chi connectivity index (χ1v) is 5.94. The summed E-state index contributed by atoms with van der Waals surface area (Å²) in [4.78, 5) is 1.55. The van der Waals surface area contributed by atoms with E-state index < -0.39 is 0 Å². The van der Waals surface area contributed by atoms with Gasteiger partial charge in [-0.1, -0.05) is 6.07 Å². The van der Waals surface area contributed by atoms with Gasteiger partial charge in [-0.3, -0.25) is 0 Å². The maximum absolute atomic E-state index is 5.35. The quantitative estimate of drug-likeness (QED) is 0.808. The summed E-state index contributed by atoms with van der Waals surface area (Å²) in [5.74, 6) is 1.39. The number of nitrogens with zero attached hydrogens (tertiary/aromatic N) is 4. The van der Waals surface area contributed by atoms with Gasteiger partial charge in [0.15, 0.2) is 0 Å². The Kier molecular flexibility index (Phi) is 3.37. The van der Waals surface area contributed by atoms with E-state index in [1.807, 2.05) is 25.1 Å². The molecule has 0 aliphatic heterocycles. The Labute approximate surface area is 107 Å². The molecule has 6 heteroatoms. The van der Waals surface area contributed by atoms with Crippen LogP contribution in [0, 0.1) is 3.57 Å². The summed E-state index contributed by atoms with van der Waals surface area (Å²) in [7, 11) is 1.64. The van der Waals surface area contributed by atoms with Crippen molar-refractivity contribution in [2.24, 2.45) is 0 Å². The molecule has 0 N–H and O–H groups in total. The van der Waals surface area contributed by atoms with Crippen molar-refractivity contribution in [1.29, 1.82) is 0 Å². The van der Waals surface area contributed by atoms with Crippen molar-refractivity contribution in [3.63, 3.8) is 0 Å². The van der Waals surface area contributed by atoms with Crippen LogP contribution in [0.25, 0.3) is 11.4 Å². The van der Waals surface area contributed by atoms with Gasteiger partial charge in [-0.05, 0) is 46.9 Å². The molecule has 1 aromatic carbocycles. The number of methoxy groups -OCH3 is 1. The fourth-order valence-corrected chi connectivity index (χ4v) is 2.10. The Morgan fingerprint density at radius 2 is 2.25 bits per heavy atom. The fraction of sp³-hybridized carbons (Fsp3) is 0.300. The second-order valence-corrected chi connectivity index (χ2v) is 4.28. The highest BCUT2D eigenvalue weighted by Gasteiger charge is 2.13. The molecule has 0 radical (unpaired) electrons. The number of halogens is 1. The molecule has 0 amide bonds. The molecule has 2 rings (SSSR count). The molecule has 0 fully saturated rings. The number of benzene rings is 1. The second-order valence-electron chi connectivity index (χ2n) is 3.12. The number of rotatable bonds is 3. The van der Waals surface area contributed by atoms with E-state index in [0.29, 0.717) is 12.4 Å². The van der Waals surface area contributed by atoms with E-state index in [9.17, 15) is 0 Å². The summed E-state index contributed by atoms with van der Waals surface area (Å²) in [6.07, 6.45) is 0. The first-order valence-electron chi connectivity index (χ1n) is 4.87. The summed E-state index contributed by atoms with van der Waals surface area (Å²) in [5.41, 5.74) is 0.870. The molecule has 0 unspecified atom stereocenters. The summed E-state index contributed by atoms with van der Waals surface area (Å²) < 4.78 is 6.38. The Balaban J connectivity index is 2.50. The normalized spacial score (nSPS) is 10.4. The molecule has 84 valence electrons. The minimum atomic E-state index is 0.595. The molecule has 2 aromatic rings. The van der Waals surface area contributed by atoms with Crippen molar-refractivity contribution in [2.75, 3.05) is 7.11 Å². The summed E-state index contributed by atoms with van der Waals surface area (Å²) in [5, 5.41) is 12.2. The van der Waals surface area contributed by atoms with Crippen LogP contribution >= 0.6 is 22.6 Å². The topological polar surface area (TPSA) is 52.8 Å². The summed E-state index contributed by atoms with van der Waals surface area (Å²) in [6, 6.07) is 5.86. The average molecular weight is 330 g/mol. The van der Waals surface area contributed by atoms with Crippen molar-refractivity contribution in [2.45, 2.75) is 13.5 Å². The highest BCUT2D eigenvalue weighted by atomic mass is 127. The van der Waals surface area contributed by atoms with Gasteiger partial charge in [0, 0.05) is 0 Å². The van der Waals surface area contributed by atoms with Crippen molar-refractivity contribution in [3.05, 3.63) is 21.8 Å². The zero-order chi connectivity index (χ0) is 11.5. The van der Waals surface area contributed by atoms with Gasteiger partial charge in [0.05, 0.1) is 22.8 Å². The van der Waals surface area contributed by atoms with Gasteiger partial charge in [-0.2, -0.15) is 4.80 Å². The number of hydrogen-bond donors (Lipinski definition) is 0. The number of para-hydroxylation sites is 1. The lowest BCUT2D eigenvalue weighted by Gasteiger charge is -2.06. The van der Waals surface area contributed by atoms with E-state index in [1.165, 1.54) is 0 Å². The highest BCUT2D eigenvalue weighted by Crippen LogP contribution is 2.31. The molecule has 1 heterocycles. The van der Waals surface area contributed by atoms with Gasteiger partial charge >= 0.3 is 0 Å². The lowest BCUT2D eigenvalue weighted by atomic mass is 10.2. The predicted octanol–water partition coefficient (Wildman–Crippen LogP) is 1.97. The van der Waals surface area contributed by atoms with Crippen LogP contribution in [0.4, 0.5) is 0 Å². The van der Waals surface area contributed by atoms with Crippen LogP contribution < -0.4 is 4.74 Å².